The number of para-hydroxylation sites is 1. The monoisotopic (exact) mass is 433 g/mol. The van der Waals surface area contributed by atoms with Crippen LogP contribution in [0.1, 0.15) is 36.9 Å². The zero-order valence-corrected chi connectivity index (χ0v) is 19.1. The Morgan fingerprint density at radius 2 is 1.84 bits per heavy atom. The summed E-state index contributed by atoms with van der Waals surface area (Å²) >= 11 is 1.45. The van der Waals surface area contributed by atoms with Gasteiger partial charge in [-0.05, 0) is 33.8 Å². The molecule has 1 aliphatic heterocycles. The summed E-state index contributed by atoms with van der Waals surface area (Å²) in [6.45, 7) is 8.87. The molecule has 0 bridgehead atoms. The summed E-state index contributed by atoms with van der Waals surface area (Å²) in [5.74, 6) is 1.27. The number of rotatable bonds is 5. The fourth-order valence-corrected chi connectivity index (χ4v) is 4.40. The van der Waals surface area contributed by atoms with E-state index in [1.807, 2.05) is 67.4 Å². The van der Waals surface area contributed by atoms with Crippen molar-refractivity contribution in [3.8, 4) is 17.0 Å². The number of aliphatic hydroxyl groups is 1. The molecule has 2 N–H and O–H groups in total. The van der Waals surface area contributed by atoms with Gasteiger partial charge in [0.1, 0.15) is 28.0 Å². The van der Waals surface area contributed by atoms with Gasteiger partial charge in [0.25, 0.3) is 0 Å². The minimum Gasteiger partial charge on any atom is -0.510 e. The summed E-state index contributed by atoms with van der Waals surface area (Å²) in [6.07, 6.45) is 0. The topological polar surface area (TPSA) is 69.4 Å². The predicted octanol–water partition coefficient (Wildman–Crippen LogP) is 6.06. The Bertz CT molecular complexity index is 1140. The first kappa shape index (κ1) is 21.1. The van der Waals surface area contributed by atoms with Crippen LogP contribution in [0.2, 0.25) is 0 Å². The number of hydrogen-bond donors (Lipinski definition) is 2. The maximum Gasteiger partial charge on any atom is 0.135 e. The lowest BCUT2D eigenvalue weighted by atomic mass is 10.1. The van der Waals surface area contributed by atoms with E-state index in [0.29, 0.717) is 17.1 Å². The zero-order valence-electron chi connectivity index (χ0n) is 18.3. The quantitative estimate of drug-likeness (QED) is 0.513. The van der Waals surface area contributed by atoms with Crippen LogP contribution in [-0.2, 0) is 6.54 Å². The van der Waals surface area contributed by atoms with E-state index >= 15 is 0 Å². The number of thiazole rings is 1. The Morgan fingerprint density at radius 1 is 1.13 bits per heavy atom. The van der Waals surface area contributed by atoms with Crippen molar-refractivity contribution in [2.45, 2.75) is 39.8 Å². The molecule has 0 fully saturated rings. The van der Waals surface area contributed by atoms with Gasteiger partial charge in [-0.15, -0.1) is 11.3 Å². The normalized spacial score (nSPS) is 14.5. The van der Waals surface area contributed by atoms with E-state index in [1.165, 1.54) is 16.9 Å². The van der Waals surface area contributed by atoms with Gasteiger partial charge in [-0.1, -0.05) is 48.0 Å². The summed E-state index contributed by atoms with van der Waals surface area (Å²) in [6, 6.07) is 16.1. The number of benzene rings is 2. The van der Waals surface area contributed by atoms with Crippen molar-refractivity contribution < 1.29 is 9.84 Å². The maximum absolute atomic E-state index is 10.7. The minimum absolute atomic E-state index is 0.184. The molecule has 3 aromatic rings. The van der Waals surface area contributed by atoms with Gasteiger partial charge in [0, 0.05) is 23.1 Å². The van der Waals surface area contributed by atoms with Crippen molar-refractivity contribution in [3.63, 3.8) is 0 Å². The molecule has 0 aliphatic carbocycles. The van der Waals surface area contributed by atoms with Crippen molar-refractivity contribution in [1.82, 2.24) is 9.88 Å². The average Bonchev–Trinajstić information content (AvgIpc) is 3.27. The highest BCUT2D eigenvalue weighted by atomic mass is 32.1. The number of aromatic nitrogens is 1. The molecule has 6 heteroatoms. The lowest BCUT2D eigenvalue weighted by molar-refractivity contribution is 0.128. The maximum atomic E-state index is 10.7. The molecule has 0 amide bonds. The number of ether oxygens (including phenoxy) is 1. The van der Waals surface area contributed by atoms with E-state index in [4.69, 9.17) is 15.1 Å². The summed E-state index contributed by atoms with van der Waals surface area (Å²) in [5.41, 5.74) is 4.27. The second-order valence-electron chi connectivity index (χ2n) is 8.75. The number of nitrogens with zero attached hydrogens (tertiary/aromatic N) is 2. The van der Waals surface area contributed by atoms with Crippen LogP contribution in [0.25, 0.3) is 16.8 Å². The number of aryl methyl sites for hydroxylation is 1. The SMILES string of the molecule is Cc1ccc(-c2csc(C3=C(O)CN(Cc4ccccc4OC(C)(C)C)C3=N)n2)cc1. The lowest BCUT2D eigenvalue weighted by Crippen LogP contribution is -2.28. The molecule has 2 heterocycles. The summed E-state index contributed by atoms with van der Waals surface area (Å²) in [7, 11) is 0. The molecule has 4 rings (SSSR count). The Balaban J connectivity index is 1.54. The van der Waals surface area contributed by atoms with Crippen LogP contribution in [0.4, 0.5) is 0 Å². The first-order valence-electron chi connectivity index (χ1n) is 10.3. The van der Waals surface area contributed by atoms with E-state index in [-0.39, 0.29) is 23.7 Å². The van der Waals surface area contributed by atoms with Crippen LogP contribution in [0.3, 0.4) is 0 Å². The molecule has 0 unspecified atom stereocenters. The molecular weight excluding hydrogens is 406 g/mol. The van der Waals surface area contributed by atoms with Crippen LogP contribution < -0.4 is 4.74 Å². The molecule has 0 spiro atoms. The Labute approximate surface area is 187 Å². The second-order valence-corrected chi connectivity index (χ2v) is 9.61. The predicted molar refractivity (Wildman–Crippen MR) is 127 cm³/mol. The Hall–Kier alpha value is -3.12. The largest absolute Gasteiger partial charge is 0.510 e. The van der Waals surface area contributed by atoms with Gasteiger partial charge in [-0.25, -0.2) is 4.98 Å². The molecule has 5 nitrogen and oxygen atoms in total. The number of hydrogen-bond acceptors (Lipinski definition) is 5. The summed E-state index contributed by atoms with van der Waals surface area (Å²) in [5, 5.41) is 22.0. The van der Waals surface area contributed by atoms with Gasteiger partial charge in [0.2, 0.25) is 0 Å². The molecule has 0 radical (unpaired) electrons. The third kappa shape index (κ3) is 4.64. The number of nitrogens with one attached hydrogen (secondary N) is 1. The third-order valence-corrected chi connectivity index (χ3v) is 5.86. The molecule has 31 heavy (non-hydrogen) atoms. The van der Waals surface area contributed by atoms with E-state index in [0.717, 1.165) is 22.6 Å². The van der Waals surface area contributed by atoms with Crippen LogP contribution >= 0.6 is 11.3 Å². The zero-order chi connectivity index (χ0) is 22.2. The highest BCUT2D eigenvalue weighted by Gasteiger charge is 2.31. The van der Waals surface area contributed by atoms with Crippen molar-refractivity contribution in [1.29, 1.82) is 5.41 Å². The third-order valence-electron chi connectivity index (χ3n) is 5.00. The Morgan fingerprint density at radius 3 is 2.55 bits per heavy atom. The van der Waals surface area contributed by atoms with Crippen LogP contribution in [0, 0.1) is 12.3 Å². The number of amidine groups is 1. The first-order chi connectivity index (χ1) is 14.7. The lowest BCUT2D eigenvalue weighted by Gasteiger charge is -2.25. The minimum atomic E-state index is -0.312. The smallest absolute Gasteiger partial charge is 0.135 e. The van der Waals surface area contributed by atoms with Gasteiger partial charge in [0.15, 0.2) is 0 Å². The van der Waals surface area contributed by atoms with Crippen LogP contribution in [0.5, 0.6) is 5.75 Å². The van der Waals surface area contributed by atoms with Crippen molar-refractivity contribution in [3.05, 3.63) is 75.8 Å². The second kappa shape index (κ2) is 8.19. The summed E-state index contributed by atoms with van der Waals surface area (Å²) < 4.78 is 6.09. The summed E-state index contributed by atoms with van der Waals surface area (Å²) in [4.78, 5) is 6.56. The highest BCUT2D eigenvalue weighted by Crippen LogP contribution is 2.34. The van der Waals surface area contributed by atoms with Crippen LogP contribution in [0.15, 0.2) is 59.7 Å². The van der Waals surface area contributed by atoms with Crippen molar-refractivity contribution in [2.24, 2.45) is 0 Å². The fourth-order valence-electron chi connectivity index (χ4n) is 3.51. The highest BCUT2D eigenvalue weighted by molar-refractivity contribution is 7.11. The first-order valence-corrected chi connectivity index (χ1v) is 11.1. The van der Waals surface area contributed by atoms with E-state index in [2.05, 4.69) is 19.1 Å². The molecule has 1 aromatic heterocycles. The molecule has 0 saturated carbocycles. The molecular formula is C25H27N3O2S. The fraction of sp³-hybridized carbons (Fsp3) is 0.280. The standard InChI is InChI=1S/C25H27N3O2S/c1-16-9-11-17(12-10-16)19-15-31-24(27-19)22-20(29)14-28(23(22)26)13-18-7-5-6-8-21(18)30-25(2,3)4/h5-12,15,26,29H,13-14H2,1-4H3. The Kier molecular flexibility index (Phi) is 5.58. The van der Waals surface area contributed by atoms with E-state index in [9.17, 15) is 5.11 Å². The number of aliphatic hydroxyl groups excluding tert-OH is 1. The van der Waals surface area contributed by atoms with Gasteiger partial charge in [-0.3, -0.25) is 5.41 Å². The van der Waals surface area contributed by atoms with Gasteiger partial charge in [0.05, 0.1) is 17.8 Å². The average molecular weight is 434 g/mol. The van der Waals surface area contributed by atoms with E-state index < -0.39 is 0 Å². The molecule has 0 saturated heterocycles. The van der Waals surface area contributed by atoms with Gasteiger partial charge < -0.3 is 14.7 Å². The molecule has 2 aromatic carbocycles. The van der Waals surface area contributed by atoms with Crippen LogP contribution in [-0.4, -0.2) is 33.0 Å². The van der Waals surface area contributed by atoms with Crippen molar-refractivity contribution in [2.75, 3.05) is 6.54 Å². The molecule has 1 aliphatic rings. The molecule has 0 atom stereocenters. The van der Waals surface area contributed by atoms with E-state index in [1.54, 1.807) is 0 Å². The molecule has 160 valence electrons. The van der Waals surface area contributed by atoms with Crippen molar-refractivity contribution >= 4 is 22.7 Å². The van der Waals surface area contributed by atoms with Gasteiger partial charge in [-0.2, -0.15) is 0 Å². The van der Waals surface area contributed by atoms with Gasteiger partial charge >= 0.3 is 0 Å².